The Kier molecular flexibility index (Phi) is 7.22. The molecule has 0 radical (unpaired) electrons. The van der Waals surface area contributed by atoms with Crippen LogP contribution in [0.2, 0.25) is 0 Å². The lowest BCUT2D eigenvalue weighted by Gasteiger charge is -2.38. The molecule has 0 spiro atoms. The summed E-state index contributed by atoms with van der Waals surface area (Å²) in [6.07, 6.45) is 0. The second-order valence-electron chi connectivity index (χ2n) is 8.24. The van der Waals surface area contributed by atoms with E-state index in [9.17, 15) is 23.2 Å². The van der Waals surface area contributed by atoms with Gasteiger partial charge in [0.1, 0.15) is 17.7 Å². The fourth-order valence-electron chi connectivity index (χ4n) is 3.69. The van der Waals surface area contributed by atoms with E-state index >= 15 is 0 Å². The molecular formula is C24H27F2N3O3. The smallest absolute Gasteiger partial charge is 0.251 e. The third-order valence-electron chi connectivity index (χ3n) is 5.61. The Hall–Kier alpha value is -3.29. The molecule has 1 aliphatic rings. The lowest BCUT2D eigenvalue weighted by molar-refractivity contribution is -0.134. The molecule has 0 saturated carbocycles. The van der Waals surface area contributed by atoms with Crippen LogP contribution in [0.15, 0.2) is 42.5 Å². The molecule has 3 rings (SSSR count). The average molecular weight is 443 g/mol. The number of carbonyl (C=O) groups excluding carboxylic acids is 3. The average Bonchev–Trinajstić information content (AvgIpc) is 2.77. The maximum atomic E-state index is 14.5. The maximum absolute atomic E-state index is 14.5. The van der Waals surface area contributed by atoms with Gasteiger partial charge in [-0.15, -0.1) is 0 Å². The number of benzene rings is 2. The Labute approximate surface area is 186 Å². The van der Waals surface area contributed by atoms with Crippen molar-refractivity contribution in [3.05, 3.63) is 65.2 Å². The van der Waals surface area contributed by atoms with Crippen LogP contribution in [-0.4, -0.2) is 54.7 Å². The predicted octanol–water partition coefficient (Wildman–Crippen LogP) is 3.27. The molecule has 2 amide bonds. The van der Waals surface area contributed by atoms with Crippen molar-refractivity contribution >= 4 is 23.3 Å². The van der Waals surface area contributed by atoms with Crippen molar-refractivity contribution in [2.24, 2.45) is 5.92 Å². The molecule has 1 N–H and O–H groups in total. The normalized spacial score (nSPS) is 14.9. The van der Waals surface area contributed by atoms with E-state index in [-0.39, 0.29) is 23.2 Å². The molecule has 2 aromatic rings. The molecule has 32 heavy (non-hydrogen) atoms. The number of anilines is 1. The number of ketones is 1. The number of hydrogen-bond acceptors (Lipinski definition) is 4. The zero-order valence-electron chi connectivity index (χ0n) is 18.4. The maximum Gasteiger partial charge on any atom is 0.251 e. The summed E-state index contributed by atoms with van der Waals surface area (Å²) in [5, 5.41) is 2.76. The van der Waals surface area contributed by atoms with Crippen molar-refractivity contribution in [3.8, 4) is 0 Å². The quantitative estimate of drug-likeness (QED) is 0.696. The topological polar surface area (TPSA) is 69.7 Å². The highest BCUT2D eigenvalue weighted by molar-refractivity contribution is 5.97. The van der Waals surface area contributed by atoms with Crippen LogP contribution in [0.4, 0.5) is 14.5 Å². The number of piperazine rings is 1. The van der Waals surface area contributed by atoms with Crippen molar-refractivity contribution < 1.29 is 23.2 Å². The van der Waals surface area contributed by atoms with Crippen molar-refractivity contribution in [1.82, 2.24) is 10.2 Å². The van der Waals surface area contributed by atoms with Gasteiger partial charge in [-0.3, -0.25) is 14.4 Å². The van der Waals surface area contributed by atoms with Crippen LogP contribution in [-0.2, 0) is 4.79 Å². The first-order chi connectivity index (χ1) is 15.2. The molecule has 0 aliphatic carbocycles. The van der Waals surface area contributed by atoms with Gasteiger partial charge in [-0.1, -0.05) is 13.8 Å². The van der Waals surface area contributed by atoms with E-state index < -0.39 is 23.6 Å². The van der Waals surface area contributed by atoms with Crippen molar-refractivity contribution in [2.45, 2.75) is 26.8 Å². The van der Waals surface area contributed by atoms with Gasteiger partial charge in [-0.05, 0) is 55.3 Å². The van der Waals surface area contributed by atoms with Gasteiger partial charge in [-0.25, -0.2) is 8.78 Å². The number of halogens is 2. The summed E-state index contributed by atoms with van der Waals surface area (Å²) in [6, 6.07) is 8.82. The SMILES string of the molecule is CC(=O)c1ccc(N2CCN(C(=O)C(NC(=O)c3ccc(F)cc3)C(C)C)CC2)c(F)c1. The second kappa shape index (κ2) is 9.89. The van der Waals surface area contributed by atoms with Gasteiger partial charge in [0.15, 0.2) is 5.78 Å². The highest BCUT2D eigenvalue weighted by Crippen LogP contribution is 2.23. The van der Waals surface area contributed by atoms with Gasteiger partial charge in [0, 0.05) is 37.3 Å². The standard InChI is InChI=1S/C24H27F2N3O3/c1-15(2)22(27-23(31)17-4-7-19(25)8-5-17)24(32)29-12-10-28(11-13-29)21-9-6-18(16(3)30)14-20(21)26/h4-9,14-15,22H,10-13H2,1-3H3,(H,27,31). The Morgan fingerprint density at radius 2 is 1.50 bits per heavy atom. The van der Waals surface area contributed by atoms with Gasteiger partial charge in [0.05, 0.1) is 5.69 Å². The van der Waals surface area contributed by atoms with E-state index in [1.165, 1.54) is 37.3 Å². The lowest BCUT2D eigenvalue weighted by atomic mass is 10.0. The van der Waals surface area contributed by atoms with Gasteiger partial charge in [-0.2, -0.15) is 0 Å². The van der Waals surface area contributed by atoms with Crippen LogP contribution in [0.1, 0.15) is 41.5 Å². The number of nitrogens with one attached hydrogen (secondary N) is 1. The summed E-state index contributed by atoms with van der Waals surface area (Å²) >= 11 is 0. The van der Waals surface area contributed by atoms with Crippen LogP contribution in [0.5, 0.6) is 0 Å². The van der Waals surface area contributed by atoms with Gasteiger partial charge < -0.3 is 15.1 Å². The summed E-state index contributed by atoms with van der Waals surface area (Å²) in [7, 11) is 0. The highest BCUT2D eigenvalue weighted by atomic mass is 19.1. The number of nitrogens with zero attached hydrogens (tertiary/aromatic N) is 2. The van der Waals surface area contributed by atoms with Crippen LogP contribution >= 0.6 is 0 Å². The minimum atomic E-state index is -0.731. The number of Topliss-reactive ketones (excluding diaryl/α,β-unsaturated/α-hetero) is 1. The Morgan fingerprint density at radius 3 is 2.03 bits per heavy atom. The molecule has 1 aliphatic heterocycles. The fourth-order valence-corrected chi connectivity index (χ4v) is 3.69. The van der Waals surface area contributed by atoms with E-state index in [0.29, 0.717) is 37.4 Å². The molecule has 1 atom stereocenters. The zero-order chi connectivity index (χ0) is 23.4. The minimum Gasteiger partial charge on any atom is -0.366 e. The largest absolute Gasteiger partial charge is 0.366 e. The molecule has 8 heteroatoms. The third-order valence-corrected chi connectivity index (χ3v) is 5.61. The molecule has 0 bridgehead atoms. The number of rotatable bonds is 6. The fraction of sp³-hybridized carbons (Fsp3) is 0.375. The summed E-state index contributed by atoms with van der Waals surface area (Å²) in [6.45, 7) is 6.69. The zero-order valence-corrected chi connectivity index (χ0v) is 18.4. The Morgan fingerprint density at radius 1 is 0.906 bits per heavy atom. The first kappa shape index (κ1) is 23.4. The minimum absolute atomic E-state index is 0.151. The molecule has 0 aromatic heterocycles. The van der Waals surface area contributed by atoms with E-state index in [0.717, 1.165) is 0 Å². The Bertz CT molecular complexity index is 1000. The molecule has 1 fully saturated rings. The molecule has 1 unspecified atom stereocenters. The van der Waals surface area contributed by atoms with Crippen molar-refractivity contribution in [2.75, 3.05) is 31.1 Å². The van der Waals surface area contributed by atoms with E-state index in [4.69, 9.17) is 0 Å². The number of hydrogen-bond donors (Lipinski definition) is 1. The molecule has 170 valence electrons. The number of amides is 2. The molecule has 1 heterocycles. The first-order valence-electron chi connectivity index (χ1n) is 10.6. The van der Waals surface area contributed by atoms with Gasteiger partial charge in [0.2, 0.25) is 5.91 Å². The predicted molar refractivity (Wildman–Crippen MR) is 118 cm³/mol. The number of carbonyl (C=O) groups is 3. The van der Waals surface area contributed by atoms with E-state index in [1.54, 1.807) is 17.0 Å². The third kappa shape index (κ3) is 5.30. The van der Waals surface area contributed by atoms with Crippen LogP contribution in [0.25, 0.3) is 0 Å². The Balaban J connectivity index is 1.64. The van der Waals surface area contributed by atoms with Crippen LogP contribution < -0.4 is 10.2 Å². The van der Waals surface area contributed by atoms with Crippen LogP contribution in [0, 0.1) is 17.6 Å². The first-order valence-corrected chi connectivity index (χ1v) is 10.6. The van der Waals surface area contributed by atoms with Gasteiger partial charge in [0.25, 0.3) is 5.91 Å². The van der Waals surface area contributed by atoms with Gasteiger partial charge >= 0.3 is 0 Å². The monoisotopic (exact) mass is 443 g/mol. The molecule has 2 aromatic carbocycles. The second-order valence-corrected chi connectivity index (χ2v) is 8.24. The highest BCUT2D eigenvalue weighted by Gasteiger charge is 2.31. The van der Waals surface area contributed by atoms with E-state index in [1.807, 2.05) is 18.7 Å². The van der Waals surface area contributed by atoms with Crippen LogP contribution in [0.3, 0.4) is 0 Å². The summed E-state index contributed by atoms with van der Waals surface area (Å²) < 4.78 is 27.6. The molecule has 1 saturated heterocycles. The summed E-state index contributed by atoms with van der Waals surface area (Å²) in [5.41, 5.74) is 0.989. The van der Waals surface area contributed by atoms with Crippen molar-refractivity contribution in [3.63, 3.8) is 0 Å². The molecule has 6 nitrogen and oxygen atoms in total. The van der Waals surface area contributed by atoms with Crippen molar-refractivity contribution in [1.29, 1.82) is 0 Å². The lowest BCUT2D eigenvalue weighted by Crippen LogP contribution is -2.56. The van der Waals surface area contributed by atoms with E-state index in [2.05, 4.69) is 5.32 Å². The summed E-state index contributed by atoms with van der Waals surface area (Å²) in [5.74, 6) is -1.91. The molecular weight excluding hydrogens is 416 g/mol. The summed E-state index contributed by atoms with van der Waals surface area (Å²) in [4.78, 5) is 40.6.